The van der Waals surface area contributed by atoms with Gasteiger partial charge in [-0.15, -0.1) is 0 Å². The Labute approximate surface area is 115 Å². The van der Waals surface area contributed by atoms with E-state index in [9.17, 15) is 4.79 Å². The van der Waals surface area contributed by atoms with Crippen LogP contribution in [-0.2, 0) is 9.53 Å². The first-order valence-electron chi connectivity index (χ1n) is 7.54. The summed E-state index contributed by atoms with van der Waals surface area (Å²) in [6.07, 6.45) is 4.28. The highest BCUT2D eigenvalue weighted by Crippen LogP contribution is 2.40. The Kier molecular flexibility index (Phi) is 5.19. The molecule has 1 aliphatic heterocycles. The number of primary amides is 1. The van der Waals surface area contributed by atoms with Crippen molar-refractivity contribution in [2.24, 2.45) is 11.7 Å². The molecule has 2 aliphatic rings. The molecule has 1 heterocycles. The highest BCUT2D eigenvalue weighted by molar-refractivity contribution is 5.86. The molecule has 0 aromatic carbocycles. The lowest BCUT2D eigenvalue weighted by Crippen LogP contribution is -2.63. The summed E-state index contributed by atoms with van der Waals surface area (Å²) in [6, 6.07) is 0. The number of nitrogens with two attached hydrogens (primary N) is 1. The van der Waals surface area contributed by atoms with Crippen molar-refractivity contribution in [2.75, 3.05) is 39.4 Å². The molecule has 0 bridgehead atoms. The van der Waals surface area contributed by atoms with Gasteiger partial charge in [0.05, 0.1) is 6.61 Å². The minimum Gasteiger partial charge on any atom is -0.380 e. The number of carbonyl (C=O) groups is 1. The van der Waals surface area contributed by atoms with E-state index in [2.05, 4.69) is 17.1 Å². The van der Waals surface area contributed by atoms with E-state index in [-0.39, 0.29) is 5.91 Å². The molecule has 1 atom stereocenters. The quantitative estimate of drug-likeness (QED) is 0.699. The lowest BCUT2D eigenvalue weighted by molar-refractivity contribution is -0.126. The molecule has 1 aliphatic carbocycles. The molecule has 1 saturated carbocycles. The second-order valence-corrected chi connectivity index (χ2v) is 5.78. The maximum absolute atomic E-state index is 12.1. The van der Waals surface area contributed by atoms with Crippen LogP contribution in [0.5, 0.6) is 0 Å². The predicted molar refractivity (Wildman–Crippen MR) is 74.8 cm³/mol. The largest absolute Gasteiger partial charge is 0.380 e. The van der Waals surface area contributed by atoms with Gasteiger partial charge < -0.3 is 15.8 Å². The minimum absolute atomic E-state index is 0.186. The molecule has 1 unspecified atom stereocenters. The molecule has 2 rings (SSSR count). The van der Waals surface area contributed by atoms with Gasteiger partial charge in [0, 0.05) is 26.2 Å². The highest BCUT2D eigenvalue weighted by Gasteiger charge is 2.50. The highest BCUT2D eigenvalue weighted by atomic mass is 16.5. The summed E-state index contributed by atoms with van der Waals surface area (Å²) >= 11 is 0. The topological polar surface area (TPSA) is 67.6 Å². The van der Waals surface area contributed by atoms with Gasteiger partial charge in [-0.3, -0.25) is 9.69 Å². The number of rotatable bonds is 7. The van der Waals surface area contributed by atoms with Crippen molar-refractivity contribution < 1.29 is 9.53 Å². The average molecular weight is 269 g/mol. The van der Waals surface area contributed by atoms with Gasteiger partial charge in [-0.1, -0.05) is 6.92 Å². The molecule has 5 nitrogen and oxygen atoms in total. The Bertz CT molecular complexity index is 299. The fourth-order valence-corrected chi connectivity index (χ4v) is 2.93. The monoisotopic (exact) mass is 269 g/mol. The lowest BCUT2D eigenvalue weighted by Gasteiger charge is -2.36. The molecule has 2 fully saturated rings. The van der Waals surface area contributed by atoms with E-state index in [0.717, 1.165) is 65.1 Å². The van der Waals surface area contributed by atoms with E-state index < -0.39 is 5.54 Å². The number of carbonyl (C=O) groups excluding carboxylic acids is 1. The van der Waals surface area contributed by atoms with Gasteiger partial charge in [0.1, 0.15) is 5.54 Å². The molecule has 3 N–H and O–H groups in total. The van der Waals surface area contributed by atoms with Crippen molar-refractivity contribution in [1.82, 2.24) is 10.2 Å². The van der Waals surface area contributed by atoms with E-state index in [1.807, 2.05) is 0 Å². The van der Waals surface area contributed by atoms with Gasteiger partial charge in [0.2, 0.25) is 5.91 Å². The molecule has 0 aromatic rings. The number of nitrogens with zero attached hydrogens (tertiary/aromatic N) is 1. The molecular formula is C14H27N3O2. The summed E-state index contributed by atoms with van der Waals surface area (Å²) < 4.78 is 5.48. The first-order chi connectivity index (χ1) is 9.19. The van der Waals surface area contributed by atoms with Crippen LogP contribution in [-0.4, -0.2) is 55.7 Å². The third kappa shape index (κ3) is 3.68. The van der Waals surface area contributed by atoms with Crippen molar-refractivity contribution in [3.63, 3.8) is 0 Å². The van der Waals surface area contributed by atoms with E-state index in [0.29, 0.717) is 5.92 Å². The summed E-state index contributed by atoms with van der Waals surface area (Å²) in [5.41, 5.74) is 5.22. The molecule has 0 radical (unpaired) electrons. The van der Waals surface area contributed by atoms with Crippen LogP contribution in [0, 0.1) is 5.92 Å². The summed E-state index contributed by atoms with van der Waals surface area (Å²) in [5.74, 6) is 0.231. The zero-order chi connectivity index (χ0) is 13.7. The van der Waals surface area contributed by atoms with Gasteiger partial charge in [-0.2, -0.15) is 0 Å². The van der Waals surface area contributed by atoms with Crippen molar-refractivity contribution in [3.8, 4) is 0 Å². The van der Waals surface area contributed by atoms with Gasteiger partial charge in [0.15, 0.2) is 0 Å². The summed E-state index contributed by atoms with van der Waals surface area (Å²) in [4.78, 5) is 14.4. The molecule has 110 valence electrons. The van der Waals surface area contributed by atoms with E-state index in [1.54, 1.807) is 0 Å². The Morgan fingerprint density at radius 2 is 2.21 bits per heavy atom. The van der Waals surface area contributed by atoms with Crippen LogP contribution in [0.1, 0.15) is 32.6 Å². The van der Waals surface area contributed by atoms with E-state index in [1.165, 1.54) is 0 Å². The summed E-state index contributed by atoms with van der Waals surface area (Å²) in [5, 5.41) is 3.46. The minimum atomic E-state index is -0.527. The van der Waals surface area contributed by atoms with E-state index >= 15 is 0 Å². The van der Waals surface area contributed by atoms with Crippen LogP contribution in [0.2, 0.25) is 0 Å². The van der Waals surface area contributed by atoms with Gasteiger partial charge in [-0.05, 0) is 38.1 Å². The van der Waals surface area contributed by atoms with Crippen molar-refractivity contribution >= 4 is 5.91 Å². The second-order valence-electron chi connectivity index (χ2n) is 5.78. The molecule has 1 saturated heterocycles. The smallest absolute Gasteiger partial charge is 0.239 e. The second kappa shape index (κ2) is 6.68. The average Bonchev–Trinajstić information content (AvgIpc) is 3.21. The van der Waals surface area contributed by atoms with Crippen LogP contribution in [0.3, 0.4) is 0 Å². The molecular weight excluding hydrogens is 242 g/mol. The first-order valence-corrected chi connectivity index (χ1v) is 7.54. The van der Waals surface area contributed by atoms with Gasteiger partial charge >= 0.3 is 0 Å². The Hall–Kier alpha value is -0.650. The van der Waals surface area contributed by atoms with Crippen LogP contribution in [0.15, 0.2) is 0 Å². The molecule has 0 aromatic heterocycles. The zero-order valence-corrected chi connectivity index (χ0v) is 12.0. The maximum Gasteiger partial charge on any atom is 0.239 e. The first kappa shape index (κ1) is 14.8. The number of nitrogens with one attached hydrogen (secondary N) is 1. The number of amides is 1. The van der Waals surface area contributed by atoms with Crippen LogP contribution in [0.4, 0.5) is 0 Å². The summed E-state index contributed by atoms with van der Waals surface area (Å²) in [7, 11) is 0. The number of hydrogen-bond acceptors (Lipinski definition) is 4. The third-order valence-corrected chi connectivity index (χ3v) is 4.19. The zero-order valence-electron chi connectivity index (χ0n) is 12.0. The SMILES string of the molecule is CCCNC(CN1CCCOCC1)(C(N)=O)C1CC1. The van der Waals surface area contributed by atoms with Gasteiger partial charge in [-0.25, -0.2) is 0 Å². The van der Waals surface area contributed by atoms with E-state index in [4.69, 9.17) is 10.5 Å². The predicted octanol–water partition coefficient (Wildman–Crippen LogP) is 0.342. The number of hydrogen-bond donors (Lipinski definition) is 2. The molecule has 0 spiro atoms. The van der Waals surface area contributed by atoms with Crippen molar-refractivity contribution in [3.05, 3.63) is 0 Å². The molecule has 1 amide bonds. The standard InChI is InChI=1S/C14H27N3O2/c1-2-6-16-14(13(15)18,12-4-5-12)11-17-7-3-9-19-10-8-17/h12,16H,2-11H2,1H3,(H2,15,18). The normalized spacial score (nSPS) is 24.7. The Balaban J connectivity index is 2.04. The van der Waals surface area contributed by atoms with Crippen molar-refractivity contribution in [2.45, 2.75) is 38.1 Å². The van der Waals surface area contributed by atoms with Crippen LogP contribution < -0.4 is 11.1 Å². The molecule has 5 heteroatoms. The van der Waals surface area contributed by atoms with Crippen LogP contribution in [0.25, 0.3) is 0 Å². The number of ether oxygens (including phenoxy) is 1. The summed E-state index contributed by atoms with van der Waals surface area (Å²) in [6.45, 7) is 7.18. The third-order valence-electron chi connectivity index (χ3n) is 4.19. The van der Waals surface area contributed by atoms with Gasteiger partial charge in [0.25, 0.3) is 0 Å². The maximum atomic E-state index is 12.1. The lowest BCUT2D eigenvalue weighted by atomic mass is 9.91. The Morgan fingerprint density at radius 3 is 2.84 bits per heavy atom. The molecule has 19 heavy (non-hydrogen) atoms. The fourth-order valence-electron chi connectivity index (χ4n) is 2.93. The van der Waals surface area contributed by atoms with Crippen LogP contribution >= 0.6 is 0 Å². The fraction of sp³-hybridized carbons (Fsp3) is 0.929. The Morgan fingerprint density at radius 1 is 1.42 bits per heavy atom. The van der Waals surface area contributed by atoms with Crippen molar-refractivity contribution in [1.29, 1.82) is 0 Å².